The molecule has 12 heteroatoms. The second-order valence-electron chi connectivity index (χ2n) is 36.7. The van der Waals surface area contributed by atoms with Gasteiger partial charge in [-0.1, -0.05) is 327 Å². The van der Waals surface area contributed by atoms with Gasteiger partial charge in [0.05, 0.1) is 16.7 Å². The molecule has 1 aliphatic rings. The number of rotatable bonds is 16. The van der Waals surface area contributed by atoms with E-state index in [2.05, 4.69) is 266 Å². The molecule has 9 aromatic heterocycles. The van der Waals surface area contributed by atoms with E-state index in [1.807, 2.05) is 123 Å². The van der Waals surface area contributed by atoms with Gasteiger partial charge in [0, 0.05) is 150 Å². The van der Waals surface area contributed by atoms with E-state index in [9.17, 15) is 0 Å². The molecule has 1 fully saturated rings. The third-order valence-electron chi connectivity index (χ3n) is 25.8. The minimum atomic E-state index is -2.20. The number of nitrogens with zero attached hydrogens (tertiary/aromatic N) is 6. The van der Waals surface area contributed by atoms with Gasteiger partial charge in [0.1, 0.15) is 16.7 Å². The van der Waals surface area contributed by atoms with E-state index in [1.54, 1.807) is 56.0 Å². The van der Waals surface area contributed by atoms with Crippen molar-refractivity contribution in [1.82, 2.24) is 29.9 Å². The SMILES string of the molecule is CC(C)(c1ccccc1)c1ccc2c(c1)oc1c(-c3ccccn3)[c-]ccc12.CC(C)(c1ccccc1)c1ccc2oc3c(-c4ccccn4)[c-]ccc3c2c1.CC(C)(c1ccccc1)c1cccc2oc3c(-c4ccccn4)[c-]ccc3c12.[2H]C([2H])([2H])c1c[c-]c(-c2cc(C)c(C([2H])([2H])[2H])cn2)cc1.[2H]C([2H])([2H])c1c[c-]c(-c2cc(CC(C)C)c(C([2H])([2H])[2H])cn2)cc1.[2H]C([2H])([2H])c1cnc(-c2[c-]cccc2)cc1CC1CCCCC1.[Ir].[Ir].[Ir]. The fraction of sp³-hybridized carbons (Fsp3) is 0.203. The predicted octanol–water partition coefficient (Wildman–Crippen LogP) is 33.1. The zero-order valence-electron chi connectivity index (χ0n) is 94.5. The molecule has 12 aromatic carbocycles. The average Bonchev–Trinajstić information content (AvgIpc) is 1.58. The van der Waals surface area contributed by atoms with Gasteiger partial charge in [-0.25, -0.2) is 0 Å². The molecule has 709 valence electrons. The number of aromatic nitrogens is 6. The van der Waals surface area contributed by atoms with Crippen LogP contribution in [-0.4, -0.2) is 29.9 Å². The molecule has 0 aliphatic heterocycles. The molecule has 0 spiro atoms. The largest absolute Gasteiger partial charge is 0.501 e. The van der Waals surface area contributed by atoms with Crippen molar-refractivity contribution in [3.63, 3.8) is 0 Å². The van der Waals surface area contributed by atoms with Gasteiger partial charge < -0.3 is 43.2 Å². The number of furan rings is 3. The van der Waals surface area contributed by atoms with Crippen molar-refractivity contribution in [2.45, 2.75) is 158 Å². The number of pyridine rings is 6. The van der Waals surface area contributed by atoms with Crippen molar-refractivity contribution in [1.29, 1.82) is 0 Å². The van der Waals surface area contributed by atoms with Crippen LogP contribution in [0.5, 0.6) is 0 Å². The first-order chi connectivity index (χ1) is 72.6. The number of hydrogen-bond acceptors (Lipinski definition) is 9. The first-order valence-electron chi connectivity index (χ1n) is 54.1. The molecule has 1 aliphatic carbocycles. The van der Waals surface area contributed by atoms with Crippen molar-refractivity contribution < 1.29 is 94.1 Å². The Balaban J connectivity index is 0.000000146. The Morgan fingerprint density at radius 3 is 1.29 bits per heavy atom. The Morgan fingerprint density at radius 1 is 0.336 bits per heavy atom. The fourth-order valence-corrected chi connectivity index (χ4v) is 17.9. The van der Waals surface area contributed by atoms with E-state index in [-0.39, 0.29) is 98.8 Å². The van der Waals surface area contributed by atoms with Crippen molar-refractivity contribution in [2.75, 3.05) is 0 Å². The Labute approximate surface area is 887 Å². The molecule has 0 amide bonds. The number of benzene rings is 12. The summed E-state index contributed by atoms with van der Waals surface area (Å²) in [5, 5.41) is 6.71. The zero-order chi connectivity index (χ0) is 108. The monoisotopic (exact) mass is 2380 g/mol. The van der Waals surface area contributed by atoms with Crippen LogP contribution in [0.25, 0.3) is 133 Å². The van der Waals surface area contributed by atoms with Gasteiger partial charge in [-0.2, -0.15) is 0 Å². The van der Waals surface area contributed by atoms with Gasteiger partial charge in [-0.3, -0.25) is 0 Å². The van der Waals surface area contributed by atoms with E-state index in [0.717, 1.165) is 128 Å². The van der Waals surface area contributed by atoms with Crippen molar-refractivity contribution in [2.24, 2.45) is 11.8 Å². The summed E-state index contributed by atoms with van der Waals surface area (Å²) in [5.41, 5.74) is 25.5. The summed E-state index contributed by atoms with van der Waals surface area (Å²) in [7, 11) is 0. The van der Waals surface area contributed by atoms with Gasteiger partial charge in [-0.15, -0.1) is 161 Å². The number of aryl methyl sites for hydroxylation is 6. The first-order valence-corrected chi connectivity index (χ1v) is 46.6. The molecule has 9 heterocycles. The minimum Gasteiger partial charge on any atom is -0.501 e. The van der Waals surface area contributed by atoms with Crippen LogP contribution in [0.15, 0.2) is 366 Å². The van der Waals surface area contributed by atoms with Gasteiger partial charge in [0.2, 0.25) is 0 Å². The quantitative estimate of drug-likeness (QED) is 0.0872. The molecule has 0 bridgehead atoms. The van der Waals surface area contributed by atoms with Crippen LogP contribution in [0.3, 0.4) is 0 Å². The van der Waals surface area contributed by atoms with Gasteiger partial charge in [-0.05, 0) is 179 Å². The summed E-state index contributed by atoms with van der Waals surface area (Å²) in [4.78, 5) is 26.2. The van der Waals surface area contributed by atoms with Crippen molar-refractivity contribution in [3.8, 4) is 67.5 Å². The molecule has 0 atom stereocenters. The van der Waals surface area contributed by atoms with E-state index in [4.69, 9.17) is 33.8 Å². The second kappa shape index (κ2) is 46.8. The Hall–Kier alpha value is -13.1. The molecule has 21 aromatic rings. The number of fused-ring (bicyclic) bond motifs is 9. The molecule has 0 saturated heterocycles. The maximum Gasteiger partial charge on any atom is 0.121 e. The van der Waals surface area contributed by atoms with Crippen LogP contribution < -0.4 is 0 Å². The van der Waals surface area contributed by atoms with Crippen LogP contribution in [0, 0.1) is 89.4 Å². The molecule has 9 nitrogen and oxygen atoms in total. The van der Waals surface area contributed by atoms with Crippen LogP contribution in [-0.2, 0) is 89.4 Å². The molecule has 3 radical (unpaired) electrons. The summed E-state index contributed by atoms with van der Waals surface area (Å²) in [6, 6.07) is 122. The average molecular weight is 2380 g/mol. The molecule has 1 saturated carbocycles. The summed E-state index contributed by atoms with van der Waals surface area (Å²) in [6.45, 7) is 8.50. The molecular formula is C128H116Ir3N6O3-6. The van der Waals surface area contributed by atoms with E-state index >= 15 is 0 Å². The van der Waals surface area contributed by atoms with Gasteiger partial charge >= 0.3 is 0 Å². The predicted molar refractivity (Wildman–Crippen MR) is 566 cm³/mol. The zero-order valence-corrected chi connectivity index (χ0v) is 86.7. The Bertz CT molecular complexity index is 8250. The third-order valence-corrected chi connectivity index (χ3v) is 25.8. The number of hydrogen-bond donors (Lipinski definition) is 0. The summed E-state index contributed by atoms with van der Waals surface area (Å²) >= 11 is 0. The van der Waals surface area contributed by atoms with Crippen molar-refractivity contribution in [3.05, 3.63) is 467 Å². The summed E-state index contributed by atoms with van der Waals surface area (Å²) < 4.78 is 132. The van der Waals surface area contributed by atoms with Gasteiger partial charge in [0.25, 0.3) is 0 Å². The first kappa shape index (κ1) is 83.8. The maximum absolute atomic E-state index is 7.79. The maximum atomic E-state index is 7.79. The normalized spacial score (nSPS) is 14.0. The molecule has 22 rings (SSSR count). The second-order valence-corrected chi connectivity index (χ2v) is 36.7. The topological polar surface area (TPSA) is 117 Å². The fourth-order valence-electron chi connectivity index (χ4n) is 17.9. The standard InChI is InChI=1S/3C26H20NO.C19H22N.C17H20N.C14H14N.3Ir/c1-26(2,18-10-4-3-5-11-18)21-14-9-16-23-24(21)20-13-8-12-19(25(20)28-23)22-15-6-7-17-27-22;1-26(2,18-9-4-3-5-10-18)19-14-15-20-21-11-8-12-22(23-13-6-7-16-27-23)25(21)28-24(20)17-19;1-26(2,18-9-4-3-5-10-18)19-14-15-24-22(17-19)20-11-8-12-21(25(20)28-24)23-13-6-7-16-27-23;1-15-14-20-19(17-10-6-3-7-11-17)13-18(15)12-16-8-4-2-5-9-16;1-12(2)9-16-10-17(18-11-14(16)4)15-7-5-13(3)6-8-15;1-10-4-6-13(7-5-10)14-8-11(2)12(3)9-15-14;;;/h3*3-11,13-17H,1-2H3;3,6-7,10,13-14,16H,2,4-5,8-9,12H2,1H3;5-7,10-12H,9H2,1-4H3;4-6,8-9H,1-3H3;;;/q6*-1;;;/i;;;1D3;3D3,4D3;1D3,3D3;;;. The van der Waals surface area contributed by atoms with Crippen LogP contribution >= 0.6 is 0 Å². The Kier molecular flexibility index (Phi) is 28.0. The molecular weight excluding hydrogens is 2250 g/mol. The van der Waals surface area contributed by atoms with E-state index in [1.165, 1.54) is 102 Å². The van der Waals surface area contributed by atoms with Gasteiger partial charge in [0.15, 0.2) is 0 Å². The summed E-state index contributed by atoms with van der Waals surface area (Å²) in [6.07, 6.45) is 17.4. The third kappa shape index (κ3) is 23.8. The van der Waals surface area contributed by atoms with E-state index in [0.29, 0.717) is 51.9 Å². The van der Waals surface area contributed by atoms with Crippen molar-refractivity contribution >= 4 is 65.8 Å². The Morgan fingerprint density at radius 2 is 0.793 bits per heavy atom. The minimum absolute atomic E-state index is 0. The summed E-state index contributed by atoms with van der Waals surface area (Å²) in [5.74, 6) is 0.906. The van der Waals surface area contributed by atoms with Crippen LogP contribution in [0.1, 0.15) is 186 Å². The van der Waals surface area contributed by atoms with Crippen LogP contribution in [0.4, 0.5) is 0 Å². The molecule has 0 N–H and O–H groups in total. The molecule has 140 heavy (non-hydrogen) atoms. The smallest absolute Gasteiger partial charge is 0.121 e. The van der Waals surface area contributed by atoms with Crippen LogP contribution in [0.2, 0.25) is 0 Å². The molecule has 0 unspecified atom stereocenters. The van der Waals surface area contributed by atoms with E-state index < -0.39 is 34.3 Å².